The maximum atomic E-state index is 6.34. The van der Waals surface area contributed by atoms with Crippen LogP contribution in [-0.4, -0.2) is 16.4 Å². The molecule has 0 aliphatic heterocycles. The Morgan fingerprint density at radius 3 is 2.84 bits per heavy atom. The molecule has 2 aromatic rings. The summed E-state index contributed by atoms with van der Waals surface area (Å²) in [4.78, 5) is 0. The standard InChI is InChI=1S/C14H16ClN3O/c1-9(2)8-19-12-6-4-5-10(14(12)15)11-7-13(16)18(3)17-11/h4-7H,1,8,16H2,2-3H3. The molecular weight excluding hydrogens is 262 g/mol. The number of anilines is 1. The molecule has 0 amide bonds. The van der Waals surface area contributed by atoms with Gasteiger partial charge in [-0.2, -0.15) is 5.10 Å². The molecule has 2 N–H and O–H groups in total. The molecule has 1 aromatic heterocycles. The summed E-state index contributed by atoms with van der Waals surface area (Å²) in [6.07, 6.45) is 0. The van der Waals surface area contributed by atoms with Crippen LogP contribution in [-0.2, 0) is 7.05 Å². The van der Waals surface area contributed by atoms with Crippen molar-refractivity contribution in [1.82, 2.24) is 9.78 Å². The van der Waals surface area contributed by atoms with Crippen LogP contribution in [0.25, 0.3) is 11.3 Å². The fourth-order valence-electron chi connectivity index (χ4n) is 1.63. The third-order valence-electron chi connectivity index (χ3n) is 2.63. The van der Waals surface area contributed by atoms with Crippen LogP contribution in [0.4, 0.5) is 5.82 Å². The molecule has 0 aliphatic carbocycles. The first-order valence-corrected chi connectivity index (χ1v) is 6.22. The van der Waals surface area contributed by atoms with Crippen LogP contribution in [0.5, 0.6) is 5.75 Å². The van der Waals surface area contributed by atoms with E-state index in [0.717, 1.165) is 16.8 Å². The maximum absolute atomic E-state index is 6.34. The Kier molecular flexibility index (Phi) is 3.81. The highest BCUT2D eigenvalue weighted by Crippen LogP contribution is 2.35. The molecule has 100 valence electrons. The van der Waals surface area contributed by atoms with E-state index in [1.165, 1.54) is 0 Å². The first-order chi connectivity index (χ1) is 8.99. The average Bonchev–Trinajstić information content (AvgIpc) is 2.68. The number of halogens is 1. The Hall–Kier alpha value is -1.94. The van der Waals surface area contributed by atoms with Gasteiger partial charge in [0.05, 0.1) is 10.7 Å². The predicted molar refractivity (Wildman–Crippen MR) is 78.4 cm³/mol. The van der Waals surface area contributed by atoms with Gasteiger partial charge < -0.3 is 10.5 Å². The molecule has 2 rings (SSSR count). The van der Waals surface area contributed by atoms with E-state index < -0.39 is 0 Å². The van der Waals surface area contributed by atoms with Crippen LogP contribution in [0.1, 0.15) is 6.92 Å². The minimum atomic E-state index is 0.438. The topological polar surface area (TPSA) is 53.1 Å². The van der Waals surface area contributed by atoms with Gasteiger partial charge in [-0.3, -0.25) is 4.68 Å². The van der Waals surface area contributed by atoms with Gasteiger partial charge in [0, 0.05) is 18.7 Å². The number of rotatable bonds is 4. The van der Waals surface area contributed by atoms with Crippen molar-refractivity contribution in [3.05, 3.63) is 41.4 Å². The third kappa shape index (κ3) is 2.90. The van der Waals surface area contributed by atoms with Crippen LogP contribution < -0.4 is 10.5 Å². The van der Waals surface area contributed by atoms with E-state index >= 15 is 0 Å². The Morgan fingerprint density at radius 2 is 2.26 bits per heavy atom. The lowest BCUT2D eigenvalue weighted by atomic mass is 10.1. The normalized spacial score (nSPS) is 10.5. The fourth-order valence-corrected chi connectivity index (χ4v) is 1.91. The quantitative estimate of drug-likeness (QED) is 0.873. The summed E-state index contributed by atoms with van der Waals surface area (Å²) in [7, 11) is 1.79. The van der Waals surface area contributed by atoms with E-state index in [4.69, 9.17) is 22.1 Å². The summed E-state index contributed by atoms with van der Waals surface area (Å²) in [6.45, 7) is 6.13. The third-order valence-corrected chi connectivity index (χ3v) is 3.02. The summed E-state index contributed by atoms with van der Waals surface area (Å²) < 4.78 is 7.20. The molecule has 5 heteroatoms. The largest absolute Gasteiger partial charge is 0.488 e. The Labute approximate surface area is 117 Å². The van der Waals surface area contributed by atoms with E-state index in [0.29, 0.717) is 23.2 Å². The predicted octanol–water partition coefficient (Wildman–Crippen LogP) is 3.28. The van der Waals surface area contributed by atoms with Gasteiger partial charge >= 0.3 is 0 Å². The zero-order chi connectivity index (χ0) is 14.0. The highest BCUT2D eigenvalue weighted by molar-refractivity contribution is 6.34. The van der Waals surface area contributed by atoms with Crippen molar-refractivity contribution in [1.29, 1.82) is 0 Å². The second-order valence-electron chi connectivity index (χ2n) is 4.44. The number of hydrogen-bond acceptors (Lipinski definition) is 3. The van der Waals surface area contributed by atoms with E-state index in [-0.39, 0.29) is 0 Å². The van der Waals surface area contributed by atoms with Crippen molar-refractivity contribution >= 4 is 17.4 Å². The molecule has 0 atom stereocenters. The highest BCUT2D eigenvalue weighted by atomic mass is 35.5. The summed E-state index contributed by atoms with van der Waals surface area (Å²) in [5, 5.41) is 4.84. The van der Waals surface area contributed by atoms with Crippen LogP contribution in [0.2, 0.25) is 5.02 Å². The molecule has 19 heavy (non-hydrogen) atoms. The van der Waals surface area contributed by atoms with Gasteiger partial charge in [-0.05, 0) is 18.6 Å². The number of nitrogens with two attached hydrogens (primary N) is 1. The number of aryl methyl sites for hydroxylation is 1. The van der Waals surface area contributed by atoms with Crippen molar-refractivity contribution < 1.29 is 4.74 Å². The molecule has 1 aromatic carbocycles. The van der Waals surface area contributed by atoms with E-state index in [1.54, 1.807) is 17.8 Å². The van der Waals surface area contributed by atoms with Crippen molar-refractivity contribution in [2.75, 3.05) is 12.3 Å². The van der Waals surface area contributed by atoms with E-state index in [1.807, 2.05) is 25.1 Å². The molecule has 0 saturated heterocycles. The lowest BCUT2D eigenvalue weighted by Crippen LogP contribution is -1.99. The van der Waals surface area contributed by atoms with Gasteiger partial charge in [0.25, 0.3) is 0 Å². The van der Waals surface area contributed by atoms with Gasteiger partial charge in [0.2, 0.25) is 0 Å². The summed E-state index contributed by atoms with van der Waals surface area (Å²) in [6, 6.07) is 7.36. The Morgan fingerprint density at radius 1 is 1.53 bits per heavy atom. The monoisotopic (exact) mass is 277 g/mol. The maximum Gasteiger partial charge on any atom is 0.139 e. The molecule has 4 nitrogen and oxygen atoms in total. The van der Waals surface area contributed by atoms with Gasteiger partial charge in [0.1, 0.15) is 18.2 Å². The first kappa shape index (κ1) is 13.5. The van der Waals surface area contributed by atoms with Crippen molar-refractivity contribution in [3.8, 4) is 17.0 Å². The number of hydrogen-bond donors (Lipinski definition) is 1. The first-order valence-electron chi connectivity index (χ1n) is 5.84. The molecule has 1 heterocycles. The molecule has 0 saturated carbocycles. The molecule has 0 unspecified atom stereocenters. The average molecular weight is 278 g/mol. The zero-order valence-electron chi connectivity index (χ0n) is 11.0. The van der Waals surface area contributed by atoms with Crippen LogP contribution >= 0.6 is 11.6 Å². The van der Waals surface area contributed by atoms with E-state index in [2.05, 4.69) is 11.7 Å². The lowest BCUT2D eigenvalue weighted by Gasteiger charge is -2.10. The Balaban J connectivity index is 2.36. The number of benzene rings is 1. The number of nitrogens with zero attached hydrogens (tertiary/aromatic N) is 2. The summed E-state index contributed by atoms with van der Waals surface area (Å²) in [5.41, 5.74) is 8.24. The minimum Gasteiger partial charge on any atom is -0.488 e. The van der Waals surface area contributed by atoms with Crippen molar-refractivity contribution in [3.63, 3.8) is 0 Å². The molecule has 0 aliphatic rings. The SMILES string of the molecule is C=C(C)COc1cccc(-c2cc(N)n(C)n2)c1Cl. The zero-order valence-corrected chi connectivity index (χ0v) is 11.7. The van der Waals surface area contributed by atoms with Gasteiger partial charge in [-0.1, -0.05) is 30.3 Å². The fraction of sp³-hybridized carbons (Fsp3) is 0.214. The number of aromatic nitrogens is 2. The smallest absolute Gasteiger partial charge is 0.139 e. The summed E-state index contributed by atoms with van der Waals surface area (Å²) >= 11 is 6.34. The van der Waals surface area contributed by atoms with Crippen LogP contribution in [0, 0.1) is 0 Å². The second kappa shape index (κ2) is 5.36. The molecule has 0 bridgehead atoms. The van der Waals surface area contributed by atoms with Crippen LogP contribution in [0.3, 0.4) is 0 Å². The van der Waals surface area contributed by atoms with Crippen LogP contribution in [0.15, 0.2) is 36.4 Å². The molecular formula is C14H16ClN3O. The molecule has 0 fully saturated rings. The van der Waals surface area contributed by atoms with Gasteiger partial charge in [-0.15, -0.1) is 0 Å². The molecule has 0 spiro atoms. The number of nitrogen functional groups attached to an aromatic ring is 1. The summed E-state index contributed by atoms with van der Waals surface area (Å²) in [5.74, 6) is 1.20. The van der Waals surface area contributed by atoms with Gasteiger partial charge in [0.15, 0.2) is 0 Å². The number of ether oxygens (including phenoxy) is 1. The van der Waals surface area contributed by atoms with E-state index in [9.17, 15) is 0 Å². The second-order valence-corrected chi connectivity index (χ2v) is 4.82. The Bertz CT molecular complexity index is 600. The van der Waals surface area contributed by atoms with Crippen molar-refractivity contribution in [2.24, 2.45) is 7.05 Å². The van der Waals surface area contributed by atoms with Crippen molar-refractivity contribution in [2.45, 2.75) is 6.92 Å². The van der Waals surface area contributed by atoms with Gasteiger partial charge in [-0.25, -0.2) is 0 Å². The highest BCUT2D eigenvalue weighted by Gasteiger charge is 2.12. The molecule has 0 radical (unpaired) electrons. The lowest BCUT2D eigenvalue weighted by molar-refractivity contribution is 0.353. The minimum absolute atomic E-state index is 0.438.